The minimum atomic E-state index is -4.69. The lowest BCUT2D eigenvalue weighted by molar-refractivity contribution is -0.156. The highest BCUT2D eigenvalue weighted by molar-refractivity contribution is 6.07. The molecule has 1 saturated heterocycles. The number of nitrogens with one attached hydrogen (secondary N) is 2. The van der Waals surface area contributed by atoms with Crippen LogP contribution in [-0.4, -0.2) is 71.3 Å². The summed E-state index contributed by atoms with van der Waals surface area (Å²) >= 11 is 0. The number of hydrogen-bond acceptors (Lipinski definition) is 4. The molecule has 4 atom stereocenters. The lowest BCUT2D eigenvalue weighted by Gasteiger charge is -2.35. The molecule has 0 aromatic heterocycles. The number of amides is 4. The Balaban J connectivity index is 1.80. The molecule has 0 radical (unpaired) electrons. The van der Waals surface area contributed by atoms with E-state index in [4.69, 9.17) is 0 Å². The molecule has 11 heteroatoms. The molecule has 8 nitrogen and oxygen atoms in total. The average Bonchev–Trinajstić information content (AvgIpc) is 3.25. The number of nitrogens with zero attached hydrogens (tertiary/aromatic N) is 2. The normalized spacial score (nSPS) is 22.9. The molecule has 0 aliphatic carbocycles. The third-order valence-corrected chi connectivity index (χ3v) is 6.93. The van der Waals surface area contributed by atoms with Gasteiger partial charge in [0, 0.05) is 25.3 Å². The molecule has 1 fully saturated rings. The molecule has 198 valence electrons. The Morgan fingerprint density at radius 1 is 1.22 bits per heavy atom. The molecule has 36 heavy (non-hydrogen) atoms. The number of para-hydroxylation sites is 1. The topological polar surface area (TPSA) is 98.8 Å². The van der Waals surface area contributed by atoms with Crippen LogP contribution in [0.15, 0.2) is 24.3 Å². The lowest BCUT2D eigenvalue weighted by Crippen LogP contribution is -2.55. The number of likely N-dealkylation sites (tertiary alicyclic amines) is 1. The van der Waals surface area contributed by atoms with E-state index in [0.717, 1.165) is 11.3 Å². The van der Waals surface area contributed by atoms with Gasteiger partial charge in [-0.3, -0.25) is 19.2 Å². The van der Waals surface area contributed by atoms with Crippen molar-refractivity contribution >= 4 is 29.3 Å². The Morgan fingerprint density at radius 3 is 2.47 bits per heavy atom. The molecule has 1 aromatic carbocycles. The first kappa shape index (κ1) is 27.5. The minimum Gasteiger partial charge on any atom is -0.344 e. The van der Waals surface area contributed by atoms with Gasteiger partial charge in [0.05, 0.1) is 5.41 Å². The van der Waals surface area contributed by atoms with Crippen molar-refractivity contribution in [1.29, 1.82) is 0 Å². The summed E-state index contributed by atoms with van der Waals surface area (Å²) in [5.41, 5.74) is 0.677. The Kier molecular flexibility index (Phi) is 7.71. The van der Waals surface area contributed by atoms with Gasteiger partial charge in [-0.05, 0) is 44.2 Å². The van der Waals surface area contributed by atoms with Crippen molar-refractivity contribution in [2.75, 3.05) is 18.9 Å². The summed E-state index contributed by atoms with van der Waals surface area (Å²) in [5.74, 6) is -2.47. The van der Waals surface area contributed by atoms with E-state index in [-0.39, 0.29) is 30.3 Å². The number of carbonyl (C=O) groups excluding carboxylic acids is 4. The fraction of sp³-hybridized carbons (Fsp3) is 0.600. The van der Waals surface area contributed by atoms with Gasteiger partial charge in [-0.1, -0.05) is 32.0 Å². The van der Waals surface area contributed by atoms with Crippen molar-refractivity contribution in [1.82, 2.24) is 15.1 Å². The van der Waals surface area contributed by atoms with Gasteiger partial charge in [0.15, 0.2) is 0 Å². The molecular weight excluding hydrogens is 477 g/mol. The fourth-order valence-corrected chi connectivity index (χ4v) is 5.21. The summed E-state index contributed by atoms with van der Waals surface area (Å²) in [6.45, 7) is 7.09. The number of halogens is 3. The number of rotatable bonds is 7. The molecule has 0 saturated carbocycles. The average molecular weight is 511 g/mol. The zero-order valence-corrected chi connectivity index (χ0v) is 21.1. The van der Waals surface area contributed by atoms with Gasteiger partial charge in [-0.2, -0.15) is 13.2 Å². The Morgan fingerprint density at radius 2 is 1.86 bits per heavy atom. The third-order valence-electron chi connectivity index (χ3n) is 6.93. The first-order valence-corrected chi connectivity index (χ1v) is 12.0. The van der Waals surface area contributed by atoms with Crippen molar-refractivity contribution in [3.05, 3.63) is 29.8 Å². The van der Waals surface area contributed by atoms with Gasteiger partial charge < -0.3 is 20.4 Å². The molecule has 2 aliphatic rings. The van der Waals surface area contributed by atoms with Gasteiger partial charge in [0.1, 0.15) is 18.5 Å². The van der Waals surface area contributed by atoms with Crippen LogP contribution < -0.4 is 10.6 Å². The SMILES string of the molecule is CC(C)C[C@@H](C(=O)N1C[C@]2(CC1C)C(=O)Nc1ccccc12)N(C)C(=O)[C@H](C)NC(=O)CC(F)(F)F. The van der Waals surface area contributed by atoms with E-state index >= 15 is 0 Å². The number of anilines is 1. The predicted molar refractivity (Wildman–Crippen MR) is 127 cm³/mol. The fourth-order valence-electron chi connectivity index (χ4n) is 5.21. The molecule has 1 unspecified atom stereocenters. The second-order valence-corrected chi connectivity index (χ2v) is 10.3. The van der Waals surface area contributed by atoms with Gasteiger partial charge in [0.25, 0.3) is 0 Å². The van der Waals surface area contributed by atoms with Crippen molar-refractivity contribution < 1.29 is 32.3 Å². The summed E-state index contributed by atoms with van der Waals surface area (Å²) in [5, 5.41) is 4.97. The number of benzene rings is 1. The van der Waals surface area contributed by atoms with Crippen molar-refractivity contribution in [2.24, 2.45) is 5.92 Å². The van der Waals surface area contributed by atoms with Gasteiger partial charge in [-0.15, -0.1) is 0 Å². The second-order valence-electron chi connectivity index (χ2n) is 10.3. The van der Waals surface area contributed by atoms with Crippen LogP contribution in [0.1, 0.15) is 52.5 Å². The van der Waals surface area contributed by atoms with Crippen LogP contribution in [0.2, 0.25) is 0 Å². The van der Waals surface area contributed by atoms with Crippen LogP contribution in [0, 0.1) is 5.92 Å². The molecule has 1 spiro atoms. The third kappa shape index (κ3) is 5.49. The standard InChI is InChI=1S/C25H33F3N4O4/c1-14(2)10-19(31(5)21(34)16(4)29-20(33)12-25(26,27)28)22(35)32-13-24(11-15(32)3)17-8-6-7-9-18(17)30-23(24)36/h6-9,14-16,19H,10-13H2,1-5H3,(H,29,33)(H,30,36)/t15?,16-,19-,24-/m0/s1. The molecule has 2 N–H and O–H groups in total. The molecule has 3 rings (SSSR count). The maximum Gasteiger partial charge on any atom is 0.397 e. The highest BCUT2D eigenvalue weighted by Gasteiger charge is 2.55. The minimum absolute atomic E-state index is 0.0201. The van der Waals surface area contributed by atoms with Gasteiger partial charge in [0.2, 0.25) is 23.6 Å². The number of carbonyl (C=O) groups is 4. The zero-order valence-electron chi connectivity index (χ0n) is 21.1. The molecule has 1 aromatic rings. The van der Waals surface area contributed by atoms with Crippen LogP contribution in [0.4, 0.5) is 18.9 Å². The monoisotopic (exact) mass is 510 g/mol. The van der Waals surface area contributed by atoms with Gasteiger partial charge in [-0.25, -0.2) is 0 Å². The Labute approximate surface area is 208 Å². The van der Waals surface area contributed by atoms with Crippen molar-refractivity contribution in [3.8, 4) is 0 Å². The van der Waals surface area contributed by atoms with Gasteiger partial charge >= 0.3 is 6.18 Å². The second kappa shape index (κ2) is 10.1. The molecular formula is C25H33F3N4O4. The number of alkyl halides is 3. The van der Waals surface area contributed by atoms with E-state index in [2.05, 4.69) is 10.6 Å². The highest BCUT2D eigenvalue weighted by Crippen LogP contribution is 2.46. The largest absolute Gasteiger partial charge is 0.397 e. The molecule has 2 aliphatic heterocycles. The summed E-state index contributed by atoms with van der Waals surface area (Å²) in [7, 11) is 1.41. The Bertz CT molecular complexity index is 1040. The van der Waals surface area contributed by atoms with Crippen LogP contribution in [0.3, 0.4) is 0 Å². The Hall–Kier alpha value is -3.11. The van der Waals surface area contributed by atoms with E-state index in [1.807, 2.05) is 45.0 Å². The van der Waals surface area contributed by atoms with Crippen LogP contribution in [-0.2, 0) is 24.6 Å². The van der Waals surface area contributed by atoms with E-state index < -0.39 is 41.9 Å². The molecule has 4 amide bonds. The van der Waals surface area contributed by atoms with E-state index in [9.17, 15) is 32.3 Å². The zero-order chi connectivity index (χ0) is 27.0. The van der Waals surface area contributed by atoms with Crippen molar-refractivity contribution in [3.63, 3.8) is 0 Å². The smallest absolute Gasteiger partial charge is 0.344 e. The van der Waals surface area contributed by atoms with E-state index in [1.165, 1.54) is 18.9 Å². The van der Waals surface area contributed by atoms with Crippen LogP contribution in [0.25, 0.3) is 0 Å². The summed E-state index contributed by atoms with van der Waals surface area (Å²) < 4.78 is 37.5. The summed E-state index contributed by atoms with van der Waals surface area (Å²) in [6, 6.07) is 4.93. The summed E-state index contributed by atoms with van der Waals surface area (Å²) in [6.07, 6.45) is -5.65. The van der Waals surface area contributed by atoms with Crippen LogP contribution >= 0.6 is 0 Å². The van der Waals surface area contributed by atoms with Crippen LogP contribution in [0.5, 0.6) is 0 Å². The first-order valence-electron chi connectivity index (χ1n) is 12.0. The number of likely N-dealkylation sites (N-methyl/N-ethyl adjacent to an activating group) is 1. The lowest BCUT2D eigenvalue weighted by atomic mass is 9.80. The van der Waals surface area contributed by atoms with E-state index in [0.29, 0.717) is 12.8 Å². The first-order chi connectivity index (χ1) is 16.7. The van der Waals surface area contributed by atoms with E-state index in [1.54, 1.807) is 4.90 Å². The maximum atomic E-state index is 13.8. The van der Waals surface area contributed by atoms with Crippen molar-refractivity contribution in [2.45, 2.75) is 76.7 Å². The molecule has 2 heterocycles. The maximum absolute atomic E-state index is 13.8. The molecule has 0 bridgehead atoms. The number of fused-ring (bicyclic) bond motifs is 2. The predicted octanol–water partition coefficient (Wildman–Crippen LogP) is 2.83. The quantitative estimate of drug-likeness (QED) is 0.590. The highest BCUT2D eigenvalue weighted by atomic mass is 19.4. The summed E-state index contributed by atoms with van der Waals surface area (Å²) in [4.78, 5) is 54.3. The number of hydrogen-bond donors (Lipinski definition) is 2.